The van der Waals surface area contributed by atoms with Gasteiger partial charge < -0.3 is 10.6 Å². The van der Waals surface area contributed by atoms with Gasteiger partial charge in [-0.05, 0) is 44.7 Å². The third-order valence-corrected chi connectivity index (χ3v) is 4.95. The van der Waals surface area contributed by atoms with Gasteiger partial charge in [-0.15, -0.1) is 0 Å². The molecule has 4 nitrogen and oxygen atoms in total. The Morgan fingerprint density at radius 1 is 1.33 bits per heavy atom. The van der Waals surface area contributed by atoms with Gasteiger partial charge in [-0.2, -0.15) is 5.10 Å². The molecule has 0 radical (unpaired) electrons. The van der Waals surface area contributed by atoms with Crippen LogP contribution in [-0.2, 0) is 13.5 Å². The molecule has 1 aromatic rings. The summed E-state index contributed by atoms with van der Waals surface area (Å²) in [5.41, 5.74) is 7.56. The van der Waals surface area contributed by atoms with Crippen molar-refractivity contribution in [3.05, 3.63) is 18.0 Å². The fraction of sp³-hybridized carbons (Fsp3) is 0.786. The lowest BCUT2D eigenvalue weighted by Crippen LogP contribution is -2.46. The highest BCUT2D eigenvalue weighted by Gasteiger charge is 2.40. The van der Waals surface area contributed by atoms with E-state index in [1.165, 1.54) is 25.7 Å². The molecule has 0 aliphatic carbocycles. The minimum atomic E-state index is 0.275. The van der Waals surface area contributed by atoms with E-state index in [0.29, 0.717) is 5.92 Å². The molecule has 0 aromatic carbocycles. The number of rotatable bonds is 3. The van der Waals surface area contributed by atoms with Crippen molar-refractivity contribution >= 4 is 0 Å². The first-order chi connectivity index (χ1) is 8.63. The lowest BCUT2D eigenvalue weighted by atomic mass is 9.84. The second-order valence-electron chi connectivity index (χ2n) is 6.13. The predicted octanol–water partition coefficient (Wildman–Crippen LogP) is 1.16. The molecular weight excluding hydrogens is 224 g/mol. The van der Waals surface area contributed by atoms with Gasteiger partial charge in [0.05, 0.1) is 5.69 Å². The molecule has 0 saturated carbocycles. The van der Waals surface area contributed by atoms with Crippen LogP contribution < -0.4 is 5.73 Å². The van der Waals surface area contributed by atoms with E-state index < -0.39 is 0 Å². The van der Waals surface area contributed by atoms with Gasteiger partial charge >= 0.3 is 0 Å². The van der Waals surface area contributed by atoms with Crippen molar-refractivity contribution in [3.8, 4) is 0 Å². The normalized spacial score (nSPS) is 33.8. The second-order valence-corrected chi connectivity index (χ2v) is 6.13. The Morgan fingerprint density at radius 2 is 2.00 bits per heavy atom. The SMILES string of the molecule is CN1C2CCC1CC(C(N)Cc1ccn(C)n1)C2. The highest BCUT2D eigenvalue weighted by molar-refractivity contribution is 5.04. The number of hydrogen-bond acceptors (Lipinski definition) is 3. The molecule has 1 aromatic heterocycles. The van der Waals surface area contributed by atoms with E-state index in [9.17, 15) is 0 Å². The zero-order chi connectivity index (χ0) is 12.7. The third kappa shape index (κ3) is 2.19. The van der Waals surface area contributed by atoms with Crippen molar-refractivity contribution in [1.82, 2.24) is 14.7 Å². The number of hydrogen-bond donors (Lipinski definition) is 1. The highest BCUT2D eigenvalue weighted by atomic mass is 15.2. The Labute approximate surface area is 109 Å². The molecule has 3 heterocycles. The van der Waals surface area contributed by atoms with Gasteiger partial charge in [0.1, 0.15) is 0 Å². The molecule has 3 atom stereocenters. The van der Waals surface area contributed by atoms with Crippen LogP contribution in [0, 0.1) is 5.92 Å². The smallest absolute Gasteiger partial charge is 0.0640 e. The zero-order valence-corrected chi connectivity index (χ0v) is 11.4. The van der Waals surface area contributed by atoms with E-state index in [-0.39, 0.29) is 6.04 Å². The van der Waals surface area contributed by atoms with E-state index in [4.69, 9.17) is 5.73 Å². The Kier molecular flexibility index (Phi) is 3.16. The standard InChI is InChI=1S/C14H24N4/c1-17-6-5-11(16-17)9-14(15)10-7-12-3-4-13(8-10)18(12)2/h5-6,10,12-14H,3-4,7-9,15H2,1-2H3. The van der Waals surface area contributed by atoms with Crippen LogP contribution in [0.5, 0.6) is 0 Å². The van der Waals surface area contributed by atoms with Gasteiger partial charge in [0.25, 0.3) is 0 Å². The van der Waals surface area contributed by atoms with E-state index in [1.807, 2.05) is 17.9 Å². The van der Waals surface area contributed by atoms with E-state index in [2.05, 4.69) is 23.1 Å². The van der Waals surface area contributed by atoms with Crippen molar-refractivity contribution in [1.29, 1.82) is 0 Å². The largest absolute Gasteiger partial charge is 0.327 e. The average molecular weight is 248 g/mol. The Bertz CT molecular complexity index is 400. The number of piperidine rings is 1. The maximum absolute atomic E-state index is 6.42. The van der Waals surface area contributed by atoms with Crippen LogP contribution >= 0.6 is 0 Å². The van der Waals surface area contributed by atoms with Gasteiger partial charge in [0.2, 0.25) is 0 Å². The number of nitrogens with zero attached hydrogens (tertiary/aromatic N) is 3. The first-order valence-electron chi connectivity index (χ1n) is 7.09. The summed E-state index contributed by atoms with van der Waals surface area (Å²) in [6.07, 6.45) is 8.22. The van der Waals surface area contributed by atoms with Gasteiger partial charge in [0, 0.05) is 37.8 Å². The first kappa shape index (κ1) is 12.2. The summed E-state index contributed by atoms with van der Waals surface area (Å²) in [6.45, 7) is 0. The van der Waals surface area contributed by atoms with Crippen LogP contribution in [0.1, 0.15) is 31.4 Å². The molecule has 2 N–H and O–H groups in total. The molecule has 2 aliphatic rings. The summed E-state index contributed by atoms with van der Waals surface area (Å²) in [5.74, 6) is 0.681. The van der Waals surface area contributed by atoms with Crippen molar-refractivity contribution in [3.63, 3.8) is 0 Å². The van der Waals surface area contributed by atoms with Gasteiger partial charge in [-0.25, -0.2) is 0 Å². The van der Waals surface area contributed by atoms with Crippen LogP contribution in [0.4, 0.5) is 0 Å². The molecule has 2 bridgehead atoms. The second kappa shape index (κ2) is 4.67. The lowest BCUT2D eigenvalue weighted by molar-refractivity contribution is 0.120. The van der Waals surface area contributed by atoms with Crippen LogP contribution in [0.25, 0.3) is 0 Å². The molecule has 2 fully saturated rings. The Hall–Kier alpha value is -0.870. The maximum Gasteiger partial charge on any atom is 0.0640 e. The van der Waals surface area contributed by atoms with E-state index >= 15 is 0 Å². The Morgan fingerprint density at radius 3 is 2.56 bits per heavy atom. The van der Waals surface area contributed by atoms with Gasteiger partial charge in [-0.3, -0.25) is 4.68 Å². The molecule has 3 rings (SSSR count). The average Bonchev–Trinajstić information content (AvgIpc) is 2.80. The number of aryl methyl sites for hydroxylation is 1. The molecular formula is C14H24N4. The van der Waals surface area contributed by atoms with E-state index in [1.54, 1.807) is 0 Å². The third-order valence-electron chi connectivity index (χ3n) is 4.95. The minimum Gasteiger partial charge on any atom is -0.327 e. The summed E-state index contributed by atoms with van der Waals surface area (Å²) in [6, 6.07) is 3.92. The number of fused-ring (bicyclic) bond motifs is 2. The van der Waals surface area contributed by atoms with Gasteiger partial charge in [-0.1, -0.05) is 0 Å². The molecule has 2 saturated heterocycles. The number of aromatic nitrogens is 2. The molecule has 3 unspecified atom stereocenters. The molecule has 0 spiro atoms. The van der Waals surface area contributed by atoms with Crippen molar-refractivity contribution in [2.24, 2.45) is 18.7 Å². The summed E-state index contributed by atoms with van der Waals surface area (Å²) >= 11 is 0. The molecule has 2 aliphatic heterocycles. The first-order valence-corrected chi connectivity index (χ1v) is 7.09. The van der Waals surface area contributed by atoms with Crippen LogP contribution in [0.3, 0.4) is 0 Å². The quantitative estimate of drug-likeness (QED) is 0.873. The van der Waals surface area contributed by atoms with E-state index in [0.717, 1.165) is 24.2 Å². The summed E-state index contributed by atoms with van der Waals surface area (Å²) < 4.78 is 1.86. The van der Waals surface area contributed by atoms with Gasteiger partial charge in [0.15, 0.2) is 0 Å². The topological polar surface area (TPSA) is 47.1 Å². The maximum atomic E-state index is 6.42. The van der Waals surface area contributed by atoms with Crippen LogP contribution in [0.15, 0.2) is 12.3 Å². The van der Waals surface area contributed by atoms with Crippen LogP contribution in [0.2, 0.25) is 0 Å². The fourth-order valence-corrected chi connectivity index (χ4v) is 3.78. The van der Waals surface area contributed by atoms with Crippen LogP contribution in [-0.4, -0.2) is 39.9 Å². The molecule has 0 amide bonds. The summed E-state index contributed by atoms with van der Waals surface area (Å²) in [4.78, 5) is 2.57. The fourth-order valence-electron chi connectivity index (χ4n) is 3.78. The predicted molar refractivity (Wildman–Crippen MR) is 72.2 cm³/mol. The van der Waals surface area contributed by atoms with Crippen molar-refractivity contribution in [2.75, 3.05) is 7.05 Å². The molecule has 4 heteroatoms. The highest BCUT2D eigenvalue weighted by Crippen LogP contribution is 2.38. The minimum absolute atomic E-state index is 0.275. The molecule has 100 valence electrons. The molecule has 18 heavy (non-hydrogen) atoms. The number of nitrogens with two attached hydrogens (primary N) is 1. The zero-order valence-electron chi connectivity index (χ0n) is 11.4. The van der Waals surface area contributed by atoms with Crippen molar-refractivity contribution < 1.29 is 0 Å². The van der Waals surface area contributed by atoms with Crippen molar-refractivity contribution in [2.45, 2.75) is 50.2 Å². The lowest BCUT2D eigenvalue weighted by Gasteiger charge is -2.38. The monoisotopic (exact) mass is 248 g/mol. The summed E-state index contributed by atoms with van der Waals surface area (Å²) in [5, 5.41) is 4.44. The Balaban J connectivity index is 1.62. The summed E-state index contributed by atoms with van der Waals surface area (Å²) in [7, 11) is 4.24.